The van der Waals surface area contributed by atoms with Gasteiger partial charge in [0.15, 0.2) is 5.17 Å². The van der Waals surface area contributed by atoms with Crippen molar-refractivity contribution in [3.05, 3.63) is 98.6 Å². The molecule has 1 saturated heterocycles. The molecule has 1 aliphatic heterocycles. The van der Waals surface area contributed by atoms with Gasteiger partial charge in [0.1, 0.15) is 23.9 Å². The Morgan fingerprint density at radius 3 is 2.65 bits per heavy atom. The van der Waals surface area contributed by atoms with Gasteiger partial charge < -0.3 is 10.1 Å². The second kappa shape index (κ2) is 9.56. The molecule has 4 rings (SSSR count). The number of hydrogen-bond acceptors (Lipinski definition) is 4. The molecule has 3 aromatic rings. The maximum absolute atomic E-state index is 13.8. The fourth-order valence-electron chi connectivity index (χ4n) is 2.82. The Labute approximate surface area is 192 Å². The van der Waals surface area contributed by atoms with Crippen molar-refractivity contribution in [2.45, 2.75) is 6.61 Å². The number of halogens is 3. The van der Waals surface area contributed by atoms with Gasteiger partial charge in [-0.05, 0) is 65.9 Å². The number of carbonyl (C=O) groups excluding carboxylic acids is 1. The molecule has 156 valence electrons. The lowest BCUT2D eigenvalue weighted by atomic mass is 10.1. The molecule has 1 heterocycles. The molecule has 0 radical (unpaired) electrons. The lowest BCUT2D eigenvalue weighted by molar-refractivity contribution is -0.115. The summed E-state index contributed by atoms with van der Waals surface area (Å²) >= 11 is 13.3. The van der Waals surface area contributed by atoms with Gasteiger partial charge in [0.2, 0.25) is 0 Å². The van der Waals surface area contributed by atoms with E-state index >= 15 is 0 Å². The number of para-hydroxylation sites is 1. The van der Waals surface area contributed by atoms with Crippen LogP contribution in [0.5, 0.6) is 5.75 Å². The fraction of sp³-hybridized carbons (Fsp3) is 0.0435. The third kappa shape index (κ3) is 5.47. The van der Waals surface area contributed by atoms with E-state index in [0.29, 0.717) is 38.0 Å². The zero-order chi connectivity index (χ0) is 21.8. The highest BCUT2D eigenvalue weighted by Gasteiger charge is 2.24. The topological polar surface area (TPSA) is 50.7 Å². The van der Waals surface area contributed by atoms with Crippen molar-refractivity contribution in [3.63, 3.8) is 0 Å². The minimum atomic E-state index is -0.464. The summed E-state index contributed by atoms with van der Waals surface area (Å²) in [4.78, 5) is 17.0. The van der Waals surface area contributed by atoms with Gasteiger partial charge in [0.05, 0.1) is 4.91 Å². The molecular formula is C23H15Cl2FN2O2S. The Bertz CT molecular complexity index is 1210. The van der Waals surface area contributed by atoms with Crippen molar-refractivity contribution in [2.75, 3.05) is 0 Å². The van der Waals surface area contributed by atoms with Gasteiger partial charge >= 0.3 is 0 Å². The van der Waals surface area contributed by atoms with Crippen LogP contribution in [0, 0.1) is 5.82 Å². The first-order chi connectivity index (χ1) is 15.0. The van der Waals surface area contributed by atoms with Gasteiger partial charge in [0.25, 0.3) is 5.91 Å². The molecule has 0 bridgehead atoms. The van der Waals surface area contributed by atoms with E-state index in [4.69, 9.17) is 27.9 Å². The van der Waals surface area contributed by atoms with Crippen LogP contribution in [-0.4, -0.2) is 11.1 Å². The van der Waals surface area contributed by atoms with E-state index in [1.54, 1.807) is 42.5 Å². The molecule has 8 heteroatoms. The standard InChI is InChI=1S/C23H15Cl2FN2O2S/c24-16-5-3-4-14(10-16)13-30-20-9-8-17(25)11-15(20)12-21-22(29)28-23(31-21)27-19-7-2-1-6-18(19)26/h1-12H,13H2,(H,27,28,29)/b21-12-. The minimum Gasteiger partial charge on any atom is -0.488 e. The van der Waals surface area contributed by atoms with Crippen molar-refractivity contribution in [2.24, 2.45) is 4.99 Å². The highest BCUT2D eigenvalue weighted by Crippen LogP contribution is 2.32. The number of aliphatic imine (C=N–C) groups is 1. The van der Waals surface area contributed by atoms with Crippen LogP contribution < -0.4 is 10.1 Å². The summed E-state index contributed by atoms with van der Waals surface area (Å²) in [6.07, 6.45) is 1.67. The van der Waals surface area contributed by atoms with Crippen LogP contribution in [0.15, 0.2) is 76.6 Å². The Morgan fingerprint density at radius 1 is 1.03 bits per heavy atom. The Hall–Kier alpha value is -2.80. The van der Waals surface area contributed by atoms with E-state index in [-0.39, 0.29) is 11.6 Å². The Kier molecular flexibility index (Phi) is 6.61. The van der Waals surface area contributed by atoms with Crippen molar-refractivity contribution in [3.8, 4) is 5.75 Å². The number of amides is 1. The summed E-state index contributed by atoms with van der Waals surface area (Å²) in [6.45, 7) is 0.303. The van der Waals surface area contributed by atoms with Crippen LogP contribution >= 0.6 is 35.0 Å². The fourth-order valence-corrected chi connectivity index (χ4v) is 4.04. The largest absolute Gasteiger partial charge is 0.488 e. The number of nitrogens with zero attached hydrogens (tertiary/aromatic N) is 1. The maximum atomic E-state index is 13.8. The Balaban J connectivity index is 1.57. The summed E-state index contributed by atoms with van der Waals surface area (Å²) in [5.74, 6) is -0.237. The molecule has 31 heavy (non-hydrogen) atoms. The van der Waals surface area contributed by atoms with Gasteiger partial charge in [-0.15, -0.1) is 0 Å². The summed E-state index contributed by atoms with van der Waals surface area (Å²) in [7, 11) is 0. The predicted molar refractivity (Wildman–Crippen MR) is 124 cm³/mol. The summed E-state index contributed by atoms with van der Waals surface area (Å²) in [5.41, 5.74) is 1.70. The zero-order valence-electron chi connectivity index (χ0n) is 15.9. The van der Waals surface area contributed by atoms with Gasteiger partial charge in [-0.2, -0.15) is 0 Å². The van der Waals surface area contributed by atoms with Crippen LogP contribution in [0.1, 0.15) is 11.1 Å². The quantitative estimate of drug-likeness (QED) is 0.425. The van der Waals surface area contributed by atoms with Crippen molar-refractivity contribution in [1.29, 1.82) is 0 Å². The summed E-state index contributed by atoms with van der Waals surface area (Å²) in [6, 6.07) is 18.6. The molecule has 0 saturated carbocycles. The second-order valence-electron chi connectivity index (χ2n) is 6.53. The van der Waals surface area contributed by atoms with Crippen molar-refractivity contribution >= 4 is 57.8 Å². The lowest BCUT2D eigenvalue weighted by Gasteiger charge is -2.10. The van der Waals surface area contributed by atoms with Gasteiger partial charge in [-0.3, -0.25) is 4.79 Å². The number of hydrogen-bond donors (Lipinski definition) is 1. The number of rotatable bonds is 5. The third-order valence-corrected chi connectivity index (χ3v) is 5.65. The van der Waals surface area contributed by atoms with Crippen LogP contribution in [0.2, 0.25) is 10.0 Å². The van der Waals surface area contributed by atoms with Gasteiger partial charge in [-0.1, -0.05) is 47.5 Å². The number of nitrogens with one attached hydrogen (secondary N) is 1. The molecule has 1 fully saturated rings. The van der Waals surface area contributed by atoms with Gasteiger partial charge in [-0.25, -0.2) is 9.38 Å². The second-order valence-corrected chi connectivity index (χ2v) is 8.44. The smallest absolute Gasteiger partial charge is 0.264 e. The van der Waals surface area contributed by atoms with Crippen LogP contribution in [0.25, 0.3) is 6.08 Å². The molecule has 0 atom stereocenters. The molecule has 1 aliphatic rings. The molecule has 0 spiro atoms. The predicted octanol–water partition coefficient (Wildman–Crippen LogP) is 6.60. The van der Waals surface area contributed by atoms with Crippen molar-refractivity contribution in [1.82, 2.24) is 5.32 Å². The van der Waals surface area contributed by atoms with Crippen LogP contribution in [0.3, 0.4) is 0 Å². The monoisotopic (exact) mass is 472 g/mol. The number of benzene rings is 3. The number of amidine groups is 1. The average molecular weight is 473 g/mol. The van der Waals surface area contributed by atoms with Gasteiger partial charge in [0, 0.05) is 15.6 Å². The highest BCUT2D eigenvalue weighted by molar-refractivity contribution is 8.18. The zero-order valence-corrected chi connectivity index (χ0v) is 18.3. The highest BCUT2D eigenvalue weighted by atomic mass is 35.5. The Morgan fingerprint density at radius 2 is 1.84 bits per heavy atom. The van der Waals surface area contributed by atoms with Crippen LogP contribution in [0.4, 0.5) is 10.1 Å². The van der Waals surface area contributed by atoms with E-state index in [2.05, 4.69) is 10.3 Å². The van der Waals surface area contributed by atoms with Crippen molar-refractivity contribution < 1.29 is 13.9 Å². The molecule has 0 aliphatic carbocycles. The number of ether oxygens (including phenoxy) is 1. The number of thioether (sulfide) groups is 1. The third-order valence-electron chi connectivity index (χ3n) is 4.27. The lowest BCUT2D eigenvalue weighted by Crippen LogP contribution is -2.19. The molecule has 1 N–H and O–H groups in total. The molecule has 3 aromatic carbocycles. The van der Waals surface area contributed by atoms with E-state index in [0.717, 1.165) is 17.3 Å². The number of carbonyl (C=O) groups is 1. The first kappa shape index (κ1) is 21.4. The maximum Gasteiger partial charge on any atom is 0.264 e. The van der Waals surface area contributed by atoms with E-state index in [1.807, 2.05) is 18.2 Å². The van der Waals surface area contributed by atoms with Crippen LogP contribution in [-0.2, 0) is 11.4 Å². The molecule has 0 aromatic heterocycles. The average Bonchev–Trinajstić information content (AvgIpc) is 3.08. The van der Waals surface area contributed by atoms with E-state index in [9.17, 15) is 9.18 Å². The summed E-state index contributed by atoms with van der Waals surface area (Å²) in [5, 5.41) is 4.08. The first-order valence-corrected chi connectivity index (χ1v) is 10.8. The summed E-state index contributed by atoms with van der Waals surface area (Å²) < 4.78 is 19.8. The van der Waals surface area contributed by atoms with E-state index < -0.39 is 5.82 Å². The SMILES string of the molecule is O=C1NC(=Nc2ccccc2F)S/C1=C\c1cc(Cl)ccc1OCc1cccc(Cl)c1. The molecule has 1 amide bonds. The minimum absolute atomic E-state index is 0.153. The molecular weight excluding hydrogens is 458 g/mol. The molecule has 0 unspecified atom stereocenters. The first-order valence-electron chi connectivity index (χ1n) is 9.19. The van der Waals surface area contributed by atoms with E-state index in [1.165, 1.54) is 12.1 Å². The molecule has 4 nitrogen and oxygen atoms in total. The normalized spacial score (nSPS) is 16.0.